The third kappa shape index (κ3) is 2.83. The second-order valence-electron chi connectivity index (χ2n) is 5.40. The topological polar surface area (TPSA) is 33.1 Å². The van der Waals surface area contributed by atoms with E-state index in [1.165, 1.54) is 0 Å². The maximum absolute atomic E-state index is 9.82. The molecule has 1 heterocycles. The fourth-order valence-corrected chi connectivity index (χ4v) is 2.71. The standard InChI is InChI=1S/C19H16ClNO/c1-12-9-14(10-13(2)18(12)22)7-8-16-11-15-5-3-4-6-17(15)21-19(16)20/h3-11,22H,1-2H3/b8-7+. The first-order valence-electron chi connectivity index (χ1n) is 7.08. The molecule has 0 aliphatic carbocycles. The van der Waals surface area contributed by atoms with Gasteiger partial charge in [-0.1, -0.05) is 42.0 Å². The Hall–Kier alpha value is -2.32. The molecule has 0 spiro atoms. The molecule has 0 atom stereocenters. The van der Waals surface area contributed by atoms with Crippen LogP contribution in [-0.4, -0.2) is 10.1 Å². The highest BCUT2D eigenvalue weighted by molar-refractivity contribution is 6.31. The maximum Gasteiger partial charge on any atom is 0.136 e. The third-order valence-electron chi connectivity index (χ3n) is 3.67. The molecule has 2 nitrogen and oxygen atoms in total. The average Bonchev–Trinajstić information content (AvgIpc) is 2.50. The molecule has 3 aromatic rings. The van der Waals surface area contributed by atoms with Crippen molar-refractivity contribution in [2.75, 3.05) is 0 Å². The van der Waals surface area contributed by atoms with Crippen LogP contribution < -0.4 is 0 Å². The molecule has 0 saturated carbocycles. The number of aromatic hydroxyl groups is 1. The zero-order valence-corrected chi connectivity index (χ0v) is 13.2. The van der Waals surface area contributed by atoms with E-state index in [4.69, 9.17) is 11.6 Å². The first-order valence-corrected chi connectivity index (χ1v) is 7.46. The Morgan fingerprint density at radius 2 is 1.68 bits per heavy atom. The van der Waals surface area contributed by atoms with Gasteiger partial charge in [-0.2, -0.15) is 0 Å². The number of para-hydroxylation sites is 1. The summed E-state index contributed by atoms with van der Waals surface area (Å²) < 4.78 is 0. The number of rotatable bonds is 2. The van der Waals surface area contributed by atoms with E-state index >= 15 is 0 Å². The maximum atomic E-state index is 9.82. The highest BCUT2D eigenvalue weighted by Crippen LogP contribution is 2.25. The van der Waals surface area contributed by atoms with Crippen molar-refractivity contribution in [1.29, 1.82) is 0 Å². The number of benzene rings is 2. The van der Waals surface area contributed by atoms with Crippen LogP contribution in [0.15, 0.2) is 42.5 Å². The van der Waals surface area contributed by atoms with Gasteiger partial charge in [0.25, 0.3) is 0 Å². The van der Waals surface area contributed by atoms with Gasteiger partial charge in [0.15, 0.2) is 0 Å². The van der Waals surface area contributed by atoms with Gasteiger partial charge in [-0.3, -0.25) is 0 Å². The van der Waals surface area contributed by atoms with Crippen LogP contribution in [0.25, 0.3) is 23.1 Å². The van der Waals surface area contributed by atoms with Crippen molar-refractivity contribution in [3.05, 3.63) is 69.9 Å². The minimum Gasteiger partial charge on any atom is -0.507 e. The SMILES string of the molecule is Cc1cc(/C=C/c2cc3ccccc3nc2Cl)cc(C)c1O. The van der Waals surface area contributed by atoms with Crippen molar-refractivity contribution in [3.8, 4) is 5.75 Å². The molecule has 0 amide bonds. The van der Waals surface area contributed by atoms with Crippen LogP contribution in [0.5, 0.6) is 5.75 Å². The molecule has 0 aliphatic rings. The number of aryl methyl sites for hydroxylation is 2. The second-order valence-corrected chi connectivity index (χ2v) is 5.76. The Morgan fingerprint density at radius 1 is 1.00 bits per heavy atom. The summed E-state index contributed by atoms with van der Waals surface area (Å²) in [5.74, 6) is 0.350. The molecule has 0 radical (unpaired) electrons. The van der Waals surface area contributed by atoms with E-state index in [2.05, 4.69) is 4.98 Å². The summed E-state index contributed by atoms with van der Waals surface area (Å²) in [7, 11) is 0. The molecule has 0 saturated heterocycles. The van der Waals surface area contributed by atoms with Crippen LogP contribution in [0, 0.1) is 13.8 Å². The lowest BCUT2D eigenvalue weighted by molar-refractivity contribution is 0.467. The summed E-state index contributed by atoms with van der Waals surface area (Å²) in [6.07, 6.45) is 3.93. The Labute approximate surface area is 134 Å². The van der Waals surface area contributed by atoms with Gasteiger partial charge in [-0.05, 0) is 54.8 Å². The Balaban J connectivity index is 2.00. The van der Waals surface area contributed by atoms with E-state index in [-0.39, 0.29) is 0 Å². The largest absolute Gasteiger partial charge is 0.507 e. The molecular formula is C19H16ClNO. The van der Waals surface area contributed by atoms with E-state index in [0.717, 1.165) is 33.2 Å². The first-order chi connectivity index (χ1) is 10.5. The van der Waals surface area contributed by atoms with Crippen molar-refractivity contribution >= 4 is 34.7 Å². The minimum atomic E-state index is 0.350. The monoisotopic (exact) mass is 309 g/mol. The number of nitrogens with zero attached hydrogens (tertiary/aromatic N) is 1. The highest BCUT2D eigenvalue weighted by Gasteiger charge is 2.04. The summed E-state index contributed by atoms with van der Waals surface area (Å²) in [5, 5.41) is 11.4. The van der Waals surface area contributed by atoms with E-state index < -0.39 is 0 Å². The number of hydrogen-bond donors (Lipinski definition) is 1. The third-order valence-corrected chi connectivity index (χ3v) is 3.98. The van der Waals surface area contributed by atoms with E-state index in [1.54, 1.807) is 0 Å². The van der Waals surface area contributed by atoms with Crippen molar-refractivity contribution < 1.29 is 5.11 Å². The molecule has 0 aliphatic heterocycles. The quantitative estimate of drug-likeness (QED) is 0.645. The fourth-order valence-electron chi connectivity index (χ4n) is 2.50. The molecule has 0 unspecified atom stereocenters. The predicted octanol–water partition coefficient (Wildman–Crippen LogP) is 5.38. The van der Waals surface area contributed by atoms with Gasteiger partial charge in [0, 0.05) is 10.9 Å². The first kappa shape index (κ1) is 14.6. The zero-order valence-electron chi connectivity index (χ0n) is 12.5. The van der Waals surface area contributed by atoms with Crippen molar-refractivity contribution in [3.63, 3.8) is 0 Å². The lowest BCUT2D eigenvalue weighted by Gasteiger charge is -2.05. The van der Waals surface area contributed by atoms with Crippen LogP contribution in [0.4, 0.5) is 0 Å². The van der Waals surface area contributed by atoms with Crippen molar-refractivity contribution in [2.45, 2.75) is 13.8 Å². The van der Waals surface area contributed by atoms with Crippen LogP contribution in [0.1, 0.15) is 22.3 Å². The normalized spacial score (nSPS) is 11.4. The molecule has 3 rings (SSSR count). The Morgan fingerprint density at radius 3 is 2.41 bits per heavy atom. The predicted molar refractivity (Wildman–Crippen MR) is 93.3 cm³/mol. The molecule has 0 fully saturated rings. The molecule has 1 aromatic heterocycles. The van der Waals surface area contributed by atoms with Crippen molar-refractivity contribution in [1.82, 2.24) is 4.98 Å². The Bertz CT molecular complexity index is 861. The van der Waals surface area contributed by atoms with E-state index in [1.807, 2.05) is 68.5 Å². The molecule has 0 bridgehead atoms. The summed E-state index contributed by atoms with van der Waals surface area (Å²) in [6.45, 7) is 3.79. The van der Waals surface area contributed by atoms with Gasteiger partial charge < -0.3 is 5.11 Å². The number of pyridine rings is 1. The lowest BCUT2D eigenvalue weighted by Crippen LogP contribution is -1.85. The van der Waals surface area contributed by atoms with Crippen LogP contribution in [0.3, 0.4) is 0 Å². The Kier molecular flexibility index (Phi) is 3.86. The van der Waals surface area contributed by atoms with Crippen LogP contribution in [0.2, 0.25) is 5.15 Å². The van der Waals surface area contributed by atoms with Gasteiger partial charge in [0.05, 0.1) is 5.52 Å². The molecule has 22 heavy (non-hydrogen) atoms. The number of aromatic nitrogens is 1. The van der Waals surface area contributed by atoms with E-state index in [9.17, 15) is 5.11 Å². The highest BCUT2D eigenvalue weighted by atomic mass is 35.5. The van der Waals surface area contributed by atoms with Crippen LogP contribution >= 0.6 is 11.6 Å². The zero-order chi connectivity index (χ0) is 15.7. The number of phenols is 1. The van der Waals surface area contributed by atoms with Gasteiger partial charge in [-0.15, -0.1) is 0 Å². The van der Waals surface area contributed by atoms with Gasteiger partial charge in [0.1, 0.15) is 10.9 Å². The smallest absolute Gasteiger partial charge is 0.136 e. The van der Waals surface area contributed by atoms with Gasteiger partial charge in [-0.25, -0.2) is 4.98 Å². The molecule has 2 aromatic carbocycles. The minimum absolute atomic E-state index is 0.350. The number of halogens is 1. The molecule has 1 N–H and O–H groups in total. The number of phenolic OH excluding ortho intramolecular Hbond substituents is 1. The molecule has 110 valence electrons. The van der Waals surface area contributed by atoms with Gasteiger partial charge >= 0.3 is 0 Å². The fraction of sp³-hybridized carbons (Fsp3) is 0.105. The summed E-state index contributed by atoms with van der Waals surface area (Å²) >= 11 is 6.25. The van der Waals surface area contributed by atoms with Crippen LogP contribution in [-0.2, 0) is 0 Å². The van der Waals surface area contributed by atoms with Crippen molar-refractivity contribution in [2.24, 2.45) is 0 Å². The van der Waals surface area contributed by atoms with E-state index in [0.29, 0.717) is 10.9 Å². The molecule has 3 heteroatoms. The number of hydrogen-bond acceptors (Lipinski definition) is 2. The molecular weight excluding hydrogens is 294 g/mol. The lowest BCUT2D eigenvalue weighted by atomic mass is 10.0. The summed E-state index contributed by atoms with van der Waals surface area (Å²) in [6, 6.07) is 13.8. The summed E-state index contributed by atoms with van der Waals surface area (Å²) in [4.78, 5) is 4.41. The van der Waals surface area contributed by atoms with Gasteiger partial charge in [0.2, 0.25) is 0 Å². The number of fused-ring (bicyclic) bond motifs is 1. The second kappa shape index (κ2) is 5.82. The summed E-state index contributed by atoms with van der Waals surface area (Å²) in [5.41, 5.74) is 4.52. The average molecular weight is 310 g/mol.